The molecule has 0 amide bonds. The highest BCUT2D eigenvalue weighted by molar-refractivity contribution is 7.10. The van der Waals surface area contributed by atoms with Crippen molar-refractivity contribution in [2.24, 2.45) is 0 Å². The van der Waals surface area contributed by atoms with Crippen molar-refractivity contribution in [3.63, 3.8) is 0 Å². The van der Waals surface area contributed by atoms with Crippen molar-refractivity contribution in [2.45, 2.75) is 38.4 Å². The standard InChI is InChI=1S/C12H16O2S/c1-2-9-8-15-11-3-4-12(7-10(9)11)13-5-6-14-12/h8H,2-7H2,1H3. The molecule has 0 N–H and O–H groups in total. The summed E-state index contributed by atoms with van der Waals surface area (Å²) in [5, 5.41) is 2.30. The van der Waals surface area contributed by atoms with Crippen LogP contribution in [0.1, 0.15) is 29.3 Å². The van der Waals surface area contributed by atoms with Crippen molar-refractivity contribution in [3.8, 4) is 0 Å². The van der Waals surface area contributed by atoms with E-state index in [4.69, 9.17) is 9.47 Å². The van der Waals surface area contributed by atoms with Crippen LogP contribution in [0.5, 0.6) is 0 Å². The lowest BCUT2D eigenvalue weighted by Crippen LogP contribution is -2.36. The molecule has 1 aliphatic heterocycles. The summed E-state index contributed by atoms with van der Waals surface area (Å²) in [6.45, 7) is 3.75. The van der Waals surface area contributed by atoms with E-state index in [0.717, 1.165) is 38.9 Å². The summed E-state index contributed by atoms with van der Waals surface area (Å²) in [7, 11) is 0. The monoisotopic (exact) mass is 224 g/mol. The van der Waals surface area contributed by atoms with Gasteiger partial charge >= 0.3 is 0 Å². The third-order valence-corrected chi connectivity index (χ3v) is 4.58. The fourth-order valence-corrected chi connectivity index (χ4v) is 3.75. The highest BCUT2D eigenvalue weighted by atomic mass is 32.1. The molecule has 1 saturated heterocycles. The van der Waals surface area contributed by atoms with E-state index in [0.29, 0.717) is 0 Å². The average Bonchev–Trinajstić information content (AvgIpc) is 2.85. The van der Waals surface area contributed by atoms with Gasteiger partial charge in [0.15, 0.2) is 5.79 Å². The maximum absolute atomic E-state index is 5.79. The van der Waals surface area contributed by atoms with Crippen LogP contribution in [-0.2, 0) is 28.7 Å². The molecule has 0 radical (unpaired) electrons. The highest BCUT2D eigenvalue weighted by Crippen LogP contribution is 2.39. The van der Waals surface area contributed by atoms with Gasteiger partial charge in [-0.3, -0.25) is 0 Å². The van der Waals surface area contributed by atoms with Crippen LogP contribution >= 0.6 is 11.3 Å². The average molecular weight is 224 g/mol. The number of fused-ring (bicyclic) bond motifs is 1. The summed E-state index contributed by atoms with van der Waals surface area (Å²) >= 11 is 1.91. The number of hydrogen-bond acceptors (Lipinski definition) is 3. The Labute approximate surface area is 94.2 Å². The molecule has 1 aromatic rings. The molecule has 0 unspecified atom stereocenters. The van der Waals surface area contributed by atoms with Crippen LogP contribution in [0.4, 0.5) is 0 Å². The van der Waals surface area contributed by atoms with Crippen LogP contribution in [0.3, 0.4) is 0 Å². The Hall–Kier alpha value is -0.380. The number of ether oxygens (including phenoxy) is 2. The van der Waals surface area contributed by atoms with Gasteiger partial charge in [0, 0.05) is 17.7 Å². The zero-order valence-electron chi connectivity index (χ0n) is 9.04. The highest BCUT2D eigenvalue weighted by Gasteiger charge is 2.40. The van der Waals surface area contributed by atoms with Crippen molar-refractivity contribution < 1.29 is 9.47 Å². The molecule has 0 aromatic carbocycles. The third kappa shape index (κ3) is 1.53. The molecule has 2 heterocycles. The summed E-state index contributed by atoms with van der Waals surface area (Å²) in [6, 6.07) is 0. The SMILES string of the molecule is CCc1csc2c1CC1(CC2)OCCO1. The van der Waals surface area contributed by atoms with Crippen molar-refractivity contribution in [1.29, 1.82) is 0 Å². The lowest BCUT2D eigenvalue weighted by molar-refractivity contribution is -0.163. The zero-order chi connectivity index (χ0) is 10.3. The van der Waals surface area contributed by atoms with Crippen molar-refractivity contribution in [3.05, 3.63) is 21.4 Å². The van der Waals surface area contributed by atoms with Crippen LogP contribution in [0, 0.1) is 0 Å². The van der Waals surface area contributed by atoms with E-state index in [2.05, 4.69) is 12.3 Å². The Morgan fingerprint density at radius 1 is 1.40 bits per heavy atom. The summed E-state index contributed by atoms with van der Waals surface area (Å²) in [5.41, 5.74) is 3.00. The Morgan fingerprint density at radius 2 is 2.20 bits per heavy atom. The van der Waals surface area contributed by atoms with Crippen molar-refractivity contribution in [1.82, 2.24) is 0 Å². The molecule has 2 aliphatic rings. The molecule has 3 heteroatoms. The van der Waals surface area contributed by atoms with E-state index in [1.165, 1.54) is 11.1 Å². The predicted octanol–water partition coefficient (Wildman–Crippen LogP) is 2.54. The largest absolute Gasteiger partial charge is 0.347 e. The molecule has 15 heavy (non-hydrogen) atoms. The minimum Gasteiger partial charge on any atom is -0.347 e. The molecule has 1 aromatic heterocycles. The third-order valence-electron chi connectivity index (χ3n) is 3.44. The maximum Gasteiger partial charge on any atom is 0.172 e. The Morgan fingerprint density at radius 3 is 2.93 bits per heavy atom. The smallest absolute Gasteiger partial charge is 0.172 e. The van der Waals surface area contributed by atoms with Gasteiger partial charge in [-0.1, -0.05) is 6.92 Å². The molecule has 1 fully saturated rings. The van der Waals surface area contributed by atoms with Gasteiger partial charge in [-0.2, -0.15) is 0 Å². The molecule has 2 nitrogen and oxygen atoms in total. The van der Waals surface area contributed by atoms with Gasteiger partial charge in [-0.25, -0.2) is 0 Å². The molecule has 0 atom stereocenters. The summed E-state index contributed by atoms with van der Waals surface area (Å²) in [6.07, 6.45) is 4.25. The number of hydrogen-bond donors (Lipinski definition) is 0. The van der Waals surface area contributed by atoms with E-state index in [1.54, 1.807) is 4.88 Å². The van der Waals surface area contributed by atoms with Gasteiger partial charge in [0.25, 0.3) is 0 Å². The second kappa shape index (κ2) is 3.58. The van der Waals surface area contributed by atoms with Gasteiger partial charge in [0.1, 0.15) is 0 Å². The van der Waals surface area contributed by atoms with Gasteiger partial charge in [0.05, 0.1) is 13.2 Å². The van der Waals surface area contributed by atoms with E-state index >= 15 is 0 Å². The van der Waals surface area contributed by atoms with Crippen molar-refractivity contribution >= 4 is 11.3 Å². The van der Waals surface area contributed by atoms with E-state index in [9.17, 15) is 0 Å². The van der Waals surface area contributed by atoms with Crippen LogP contribution in [0.2, 0.25) is 0 Å². The molecule has 1 spiro atoms. The van der Waals surface area contributed by atoms with Crippen LogP contribution in [0.15, 0.2) is 5.38 Å². The second-order valence-electron chi connectivity index (χ2n) is 4.30. The summed E-state index contributed by atoms with van der Waals surface area (Å²) in [4.78, 5) is 1.55. The second-order valence-corrected chi connectivity index (χ2v) is 5.26. The number of rotatable bonds is 1. The molecule has 0 saturated carbocycles. The fourth-order valence-electron chi connectivity index (χ4n) is 2.59. The van der Waals surface area contributed by atoms with Gasteiger partial charge in [-0.15, -0.1) is 11.3 Å². The molecule has 3 rings (SSSR count). The van der Waals surface area contributed by atoms with Gasteiger partial charge in [-0.05, 0) is 29.3 Å². The fraction of sp³-hybridized carbons (Fsp3) is 0.667. The van der Waals surface area contributed by atoms with Crippen molar-refractivity contribution in [2.75, 3.05) is 13.2 Å². The zero-order valence-corrected chi connectivity index (χ0v) is 9.86. The molecule has 0 bridgehead atoms. The van der Waals surface area contributed by atoms with Crippen LogP contribution in [0.25, 0.3) is 0 Å². The number of aryl methyl sites for hydroxylation is 2. The van der Waals surface area contributed by atoms with E-state index in [1.807, 2.05) is 11.3 Å². The first-order chi connectivity index (χ1) is 7.33. The normalized spacial score (nSPS) is 23.3. The Kier molecular flexibility index (Phi) is 2.34. The summed E-state index contributed by atoms with van der Waals surface area (Å²) < 4.78 is 11.6. The van der Waals surface area contributed by atoms with E-state index in [-0.39, 0.29) is 5.79 Å². The molecular formula is C12H16O2S. The first-order valence-corrected chi connectivity index (χ1v) is 6.57. The first-order valence-electron chi connectivity index (χ1n) is 5.69. The van der Waals surface area contributed by atoms with Gasteiger partial charge < -0.3 is 9.47 Å². The lowest BCUT2D eigenvalue weighted by atomic mass is 9.90. The Bertz CT molecular complexity index is 350. The minimum absolute atomic E-state index is 0.266. The molecular weight excluding hydrogens is 208 g/mol. The van der Waals surface area contributed by atoms with Crippen LogP contribution < -0.4 is 0 Å². The molecule has 1 aliphatic carbocycles. The lowest BCUT2D eigenvalue weighted by Gasteiger charge is -2.31. The summed E-state index contributed by atoms with van der Waals surface area (Å²) in [5.74, 6) is -0.266. The quantitative estimate of drug-likeness (QED) is 0.730. The van der Waals surface area contributed by atoms with Gasteiger partial charge in [0.2, 0.25) is 0 Å². The molecule has 82 valence electrons. The first kappa shape index (κ1) is 9.82. The number of thiophene rings is 1. The Balaban J connectivity index is 1.93. The minimum atomic E-state index is -0.266. The van der Waals surface area contributed by atoms with Crippen LogP contribution in [-0.4, -0.2) is 19.0 Å². The van der Waals surface area contributed by atoms with E-state index < -0.39 is 0 Å². The topological polar surface area (TPSA) is 18.5 Å². The maximum atomic E-state index is 5.79. The predicted molar refractivity (Wildman–Crippen MR) is 60.4 cm³/mol.